The Balaban J connectivity index is 2.11. The van der Waals surface area contributed by atoms with Crippen molar-refractivity contribution in [2.24, 2.45) is 5.92 Å². The summed E-state index contributed by atoms with van der Waals surface area (Å²) >= 11 is 0. The van der Waals surface area contributed by atoms with Crippen LogP contribution < -0.4 is 5.56 Å². The predicted molar refractivity (Wildman–Crippen MR) is 60.0 cm³/mol. The Bertz CT molecular complexity index is 484. The normalized spacial score (nSPS) is 28.2. The molecule has 2 nitrogen and oxygen atoms in total. The molecule has 0 saturated carbocycles. The molecule has 3 rings (SSSR count). The molecule has 0 fully saturated rings. The van der Waals surface area contributed by atoms with Gasteiger partial charge < -0.3 is 4.98 Å². The Morgan fingerprint density at radius 2 is 2.20 bits per heavy atom. The van der Waals surface area contributed by atoms with Crippen molar-refractivity contribution in [3.63, 3.8) is 0 Å². The quantitative estimate of drug-likeness (QED) is 0.642. The molecule has 1 heterocycles. The molecule has 1 aromatic heterocycles. The first-order valence-electron chi connectivity index (χ1n) is 5.62. The predicted octanol–water partition coefficient (Wildman–Crippen LogP) is 2.37. The van der Waals surface area contributed by atoms with Crippen LogP contribution in [0.1, 0.15) is 36.9 Å². The number of allylic oxidation sites excluding steroid dienone is 2. The van der Waals surface area contributed by atoms with E-state index in [0.717, 1.165) is 12.8 Å². The van der Waals surface area contributed by atoms with Gasteiger partial charge in [0.05, 0.1) is 0 Å². The monoisotopic (exact) mass is 201 g/mol. The van der Waals surface area contributed by atoms with Crippen LogP contribution in [0.3, 0.4) is 0 Å². The van der Waals surface area contributed by atoms with Crippen LogP contribution in [0.25, 0.3) is 0 Å². The molecule has 0 unspecified atom stereocenters. The third kappa shape index (κ3) is 1.44. The zero-order valence-corrected chi connectivity index (χ0v) is 8.92. The molecule has 0 spiro atoms. The van der Waals surface area contributed by atoms with Crippen LogP contribution in [0.2, 0.25) is 0 Å². The Kier molecular flexibility index (Phi) is 1.84. The van der Waals surface area contributed by atoms with Gasteiger partial charge in [0.2, 0.25) is 5.56 Å². The lowest BCUT2D eigenvalue weighted by Gasteiger charge is -2.34. The van der Waals surface area contributed by atoms with Crippen molar-refractivity contribution in [2.45, 2.75) is 32.1 Å². The Hall–Kier alpha value is -1.31. The van der Waals surface area contributed by atoms with Crippen LogP contribution in [0.5, 0.6) is 0 Å². The molecular weight excluding hydrogens is 186 g/mol. The van der Waals surface area contributed by atoms with E-state index in [1.54, 1.807) is 6.07 Å². The van der Waals surface area contributed by atoms with Gasteiger partial charge in [-0.3, -0.25) is 4.79 Å². The standard InChI is InChI=1S/C13H15NO/c1-8-4-9-6-10(5-8)11-2-3-13(15)14-12(11)7-9/h2-4,9-10H,5-7H2,1H3,(H,14,15)/t9-,10+/m0/s1. The number of aromatic amines is 1. The molecule has 78 valence electrons. The van der Waals surface area contributed by atoms with Gasteiger partial charge in [-0.05, 0) is 43.6 Å². The van der Waals surface area contributed by atoms with Crippen LogP contribution in [0.4, 0.5) is 0 Å². The van der Waals surface area contributed by atoms with Crippen molar-refractivity contribution < 1.29 is 0 Å². The van der Waals surface area contributed by atoms with Crippen molar-refractivity contribution in [1.82, 2.24) is 4.98 Å². The molecule has 0 aliphatic heterocycles. The molecule has 2 atom stereocenters. The third-order valence-electron chi connectivity index (χ3n) is 3.62. The van der Waals surface area contributed by atoms with Crippen molar-refractivity contribution in [2.75, 3.05) is 0 Å². The maximum atomic E-state index is 11.3. The number of aromatic nitrogens is 1. The van der Waals surface area contributed by atoms with E-state index in [9.17, 15) is 4.79 Å². The van der Waals surface area contributed by atoms with E-state index >= 15 is 0 Å². The second kappa shape index (κ2) is 3.09. The van der Waals surface area contributed by atoms with Gasteiger partial charge in [0.25, 0.3) is 0 Å². The Labute approximate surface area is 89.0 Å². The number of H-pyrrole nitrogens is 1. The second-order valence-electron chi connectivity index (χ2n) is 4.87. The fourth-order valence-electron chi connectivity index (χ4n) is 3.10. The van der Waals surface area contributed by atoms with E-state index in [0.29, 0.717) is 11.8 Å². The summed E-state index contributed by atoms with van der Waals surface area (Å²) in [5.74, 6) is 1.29. The molecule has 0 amide bonds. The van der Waals surface area contributed by atoms with Crippen molar-refractivity contribution in [3.05, 3.63) is 45.4 Å². The van der Waals surface area contributed by atoms with E-state index in [2.05, 4.69) is 18.0 Å². The number of rotatable bonds is 0. The average molecular weight is 201 g/mol. The number of nitrogens with one attached hydrogen (secondary N) is 1. The molecule has 0 saturated heterocycles. The summed E-state index contributed by atoms with van der Waals surface area (Å²) in [5.41, 5.74) is 4.09. The molecule has 2 bridgehead atoms. The van der Waals surface area contributed by atoms with Gasteiger partial charge in [-0.25, -0.2) is 0 Å². The summed E-state index contributed by atoms with van der Waals surface area (Å²) in [6.45, 7) is 2.22. The lowest BCUT2D eigenvalue weighted by Crippen LogP contribution is -2.25. The molecule has 1 N–H and O–H groups in total. The van der Waals surface area contributed by atoms with Gasteiger partial charge >= 0.3 is 0 Å². The number of hydrogen-bond acceptors (Lipinski definition) is 1. The lowest BCUT2D eigenvalue weighted by atomic mass is 9.72. The van der Waals surface area contributed by atoms with Crippen molar-refractivity contribution in [1.29, 1.82) is 0 Å². The van der Waals surface area contributed by atoms with Gasteiger partial charge in [0.15, 0.2) is 0 Å². The summed E-state index contributed by atoms with van der Waals surface area (Å²) in [6, 6.07) is 3.68. The lowest BCUT2D eigenvalue weighted by molar-refractivity contribution is 0.430. The highest BCUT2D eigenvalue weighted by Gasteiger charge is 2.29. The van der Waals surface area contributed by atoms with E-state index < -0.39 is 0 Å². The minimum absolute atomic E-state index is 0.0365. The zero-order chi connectivity index (χ0) is 10.4. The second-order valence-corrected chi connectivity index (χ2v) is 4.87. The van der Waals surface area contributed by atoms with Crippen LogP contribution in [0, 0.1) is 5.92 Å². The first-order chi connectivity index (χ1) is 7.22. The molecule has 15 heavy (non-hydrogen) atoms. The van der Waals surface area contributed by atoms with Gasteiger partial charge in [-0.1, -0.05) is 17.7 Å². The molecule has 0 aromatic carbocycles. The minimum Gasteiger partial charge on any atom is -0.326 e. The summed E-state index contributed by atoms with van der Waals surface area (Å²) in [6.07, 6.45) is 5.82. The van der Waals surface area contributed by atoms with E-state index in [1.807, 2.05) is 6.07 Å². The topological polar surface area (TPSA) is 32.9 Å². The first kappa shape index (κ1) is 8.96. The number of pyridine rings is 1. The van der Waals surface area contributed by atoms with Gasteiger partial charge in [-0.2, -0.15) is 0 Å². The maximum absolute atomic E-state index is 11.3. The molecule has 2 aliphatic carbocycles. The minimum atomic E-state index is 0.0365. The van der Waals surface area contributed by atoms with Crippen LogP contribution in [-0.2, 0) is 6.42 Å². The smallest absolute Gasteiger partial charge is 0.248 e. The Morgan fingerprint density at radius 3 is 3.07 bits per heavy atom. The molecule has 0 radical (unpaired) electrons. The van der Waals surface area contributed by atoms with E-state index in [4.69, 9.17) is 0 Å². The molecule has 1 aromatic rings. The molecular formula is C13H15NO. The third-order valence-corrected chi connectivity index (χ3v) is 3.62. The van der Waals surface area contributed by atoms with Crippen molar-refractivity contribution >= 4 is 0 Å². The van der Waals surface area contributed by atoms with Crippen molar-refractivity contribution in [3.8, 4) is 0 Å². The highest BCUT2D eigenvalue weighted by atomic mass is 16.1. The van der Waals surface area contributed by atoms with Crippen LogP contribution >= 0.6 is 0 Å². The highest BCUT2D eigenvalue weighted by Crippen LogP contribution is 2.41. The van der Waals surface area contributed by atoms with Crippen LogP contribution in [-0.4, -0.2) is 4.98 Å². The summed E-state index contributed by atoms with van der Waals surface area (Å²) in [7, 11) is 0. The maximum Gasteiger partial charge on any atom is 0.248 e. The fraction of sp³-hybridized carbons (Fsp3) is 0.462. The van der Waals surface area contributed by atoms with Gasteiger partial charge in [-0.15, -0.1) is 0 Å². The molecule has 2 heteroatoms. The summed E-state index contributed by atoms with van der Waals surface area (Å²) in [5, 5.41) is 0. The van der Waals surface area contributed by atoms with Gasteiger partial charge in [0, 0.05) is 11.8 Å². The van der Waals surface area contributed by atoms with E-state index in [-0.39, 0.29) is 5.56 Å². The Morgan fingerprint density at radius 1 is 1.33 bits per heavy atom. The number of hydrogen-bond donors (Lipinski definition) is 1. The van der Waals surface area contributed by atoms with Gasteiger partial charge in [0.1, 0.15) is 0 Å². The fourth-order valence-corrected chi connectivity index (χ4v) is 3.10. The first-order valence-corrected chi connectivity index (χ1v) is 5.62. The zero-order valence-electron chi connectivity index (χ0n) is 8.92. The molecule has 2 aliphatic rings. The highest BCUT2D eigenvalue weighted by molar-refractivity contribution is 5.32. The number of fused-ring (bicyclic) bond motifs is 4. The summed E-state index contributed by atoms with van der Waals surface area (Å²) < 4.78 is 0. The van der Waals surface area contributed by atoms with E-state index in [1.165, 1.54) is 23.3 Å². The average Bonchev–Trinajstić information content (AvgIpc) is 2.15. The van der Waals surface area contributed by atoms with Crippen LogP contribution in [0.15, 0.2) is 28.6 Å². The largest absolute Gasteiger partial charge is 0.326 e. The summed E-state index contributed by atoms with van der Waals surface area (Å²) in [4.78, 5) is 14.2. The SMILES string of the molecule is CC1=C[C@@H]2Cc3[nH]c(=O)ccc3[C@H](C1)C2.